The lowest BCUT2D eigenvalue weighted by atomic mass is 9.96. The Balaban J connectivity index is 1.69. The molecule has 0 spiro atoms. The van der Waals surface area contributed by atoms with Crippen LogP contribution in [0.25, 0.3) is 0 Å². The molecule has 0 radical (unpaired) electrons. The van der Waals surface area contributed by atoms with E-state index in [-0.39, 0.29) is 17.9 Å². The second kappa shape index (κ2) is 8.90. The second-order valence-corrected chi connectivity index (χ2v) is 10.3. The van der Waals surface area contributed by atoms with Crippen LogP contribution in [0.4, 0.5) is 0 Å². The third kappa shape index (κ3) is 4.44. The summed E-state index contributed by atoms with van der Waals surface area (Å²) in [5.74, 6) is -0.161. The second-order valence-electron chi connectivity index (χ2n) is 8.41. The van der Waals surface area contributed by atoms with Gasteiger partial charge in [0.1, 0.15) is 0 Å². The number of sulfonamides is 1. The molecule has 3 rings (SSSR count). The molecular weight excluding hydrogens is 396 g/mol. The molecule has 0 bridgehead atoms. The summed E-state index contributed by atoms with van der Waals surface area (Å²) in [6, 6.07) is 11.8. The van der Waals surface area contributed by atoms with Gasteiger partial charge in [0, 0.05) is 19.0 Å². The van der Waals surface area contributed by atoms with Crippen molar-refractivity contribution in [2.75, 3.05) is 13.1 Å². The van der Waals surface area contributed by atoms with Crippen LogP contribution in [0.3, 0.4) is 0 Å². The maximum Gasteiger partial charge on any atom is 0.243 e. The predicted octanol–water partition coefficient (Wildman–Crippen LogP) is 4.20. The molecule has 2 aromatic rings. The summed E-state index contributed by atoms with van der Waals surface area (Å²) in [6.07, 6.45) is 1.07. The number of hydrogen-bond acceptors (Lipinski definition) is 3. The fourth-order valence-electron chi connectivity index (χ4n) is 4.21. The van der Waals surface area contributed by atoms with Gasteiger partial charge in [-0.1, -0.05) is 36.4 Å². The number of nitrogens with zero attached hydrogens (tertiary/aromatic N) is 1. The minimum absolute atomic E-state index is 0.00200. The van der Waals surface area contributed by atoms with Crippen molar-refractivity contribution in [2.45, 2.75) is 58.4 Å². The SMILES string of the molecule is Cc1cc(C)c(C)c(S(=O)(=O)N2CCC(C(=O)N[C@H](C)c3ccccc3)CC2)c1C. The van der Waals surface area contributed by atoms with Gasteiger partial charge in [0.05, 0.1) is 10.9 Å². The van der Waals surface area contributed by atoms with Crippen LogP contribution < -0.4 is 5.32 Å². The summed E-state index contributed by atoms with van der Waals surface area (Å²) in [4.78, 5) is 13.2. The van der Waals surface area contributed by atoms with E-state index in [0.717, 1.165) is 27.8 Å². The summed E-state index contributed by atoms with van der Waals surface area (Å²) in [5.41, 5.74) is 4.66. The first-order chi connectivity index (χ1) is 14.1. The normalized spacial score (nSPS) is 17.0. The highest BCUT2D eigenvalue weighted by Crippen LogP contribution is 2.31. The molecule has 0 aromatic heterocycles. The fourth-order valence-corrected chi connectivity index (χ4v) is 6.26. The largest absolute Gasteiger partial charge is 0.349 e. The van der Waals surface area contributed by atoms with E-state index in [0.29, 0.717) is 30.8 Å². The zero-order chi connectivity index (χ0) is 22.1. The van der Waals surface area contributed by atoms with E-state index in [9.17, 15) is 13.2 Å². The zero-order valence-corrected chi connectivity index (χ0v) is 19.3. The van der Waals surface area contributed by atoms with Crippen molar-refractivity contribution < 1.29 is 13.2 Å². The highest BCUT2D eigenvalue weighted by molar-refractivity contribution is 7.89. The van der Waals surface area contributed by atoms with Crippen LogP contribution in [-0.2, 0) is 14.8 Å². The van der Waals surface area contributed by atoms with Crippen molar-refractivity contribution in [3.8, 4) is 0 Å². The molecule has 6 heteroatoms. The van der Waals surface area contributed by atoms with Crippen molar-refractivity contribution in [1.29, 1.82) is 0 Å². The molecule has 0 aliphatic carbocycles. The average molecular weight is 429 g/mol. The minimum atomic E-state index is -3.58. The summed E-state index contributed by atoms with van der Waals surface area (Å²) in [6.45, 7) is 10.4. The topological polar surface area (TPSA) is 66.5 Å². The van der Waals surface area contributed by atoms with Crippen LogP contribution in [0.2, 0.25) is 0 Å². The van der Waals surface area contributed by atoms with Gasteiger partial charge < -0.3 is 5.32 Å². The van der Waals surface area contributed by atoms with Crippen molar-refractivity contribution in [3.63, 3.8) is 0 Å². The van der Waals surface area contributed by atoms with Crippen molar-refractivity contribution in [2.24, 2.45) is 5.92 Å². The van der Waals surface area contributed by atoms with Gasteiger partial charge in [-0.05, 0) is 75.3 Å². The van der Waals surface area contributed by atoms with Gasteiger partial charge in [0.25, 0.3) is 0 Å². The molecule has 1 saturated heterocycles. The lowest BCUT2D eigenvalue weighted by molar-refractivity contribution is -0.126. The number of nitrogens with one attached hydrogen (secondary N) is 1. The Kier molecular flexibility index (Phi) is 6.68. The lowest BCUT2D eigenvalue weighted by Crippen LogP contribution is -2.43. The number of piperidine rings is 1. The monoisotopic (exact) mass is 428 g/mol. The Morgan fingerprint density at radius 2 is 1.53 bits per heavy atom. The van der Waals surface area contributed by atoms with Gasteiger partial charge in [-0.25, -0.2) is 8.42 Å². The number of hydrogen-bond donors (Lipinski definition) is 1. The Bertz CT molecular complexity index is 998. The Hall–Kier alpha value is -2.18. The maximum atomic E-state index is 13.4. The highest BCUT2D eigenvalue weighted by Gasteiger charge is 2.34. The van der Waals surface area contributed by atoms with Crippen LogP contribution in [0.5, 0.6) is 0 Å². The Labute approximate surface area is 180 Å². The molecule has 2 aromatic carbocycles. The molecule has 1 amide bonds. The number of benzene rings is 2. The number of carbonyl (C=O) groups is 1. The molecule has 1 heterocycles. The number of amides is 1. The molecule has 30 heavy (non-hydrogen) atoms. The van der Waals surface area contributed by atoms with Crippen LogP contribution in [-0.4, -0.2) is 31.7 Å². The van der Waals surface area contributed by atoms with Crippen molar-refractivity contribution in [1.82, 2.24) is 9.62 Å². The zero-order valence-electron chi connectivity index (χ0n) is 18.5. The molecule has 162 valence electrons. The van der Waals surface area contributed by atoms with Gasteiger partial charge in [0.15, 0.2) is 0 Å². The number of aryl methyl sites for hydroxylation is 2. The first kappa shape index (κ1) is 22.5. The molecule has 1 aliphatic rings. The number of carbonyl (C=O) groups excluding carboxylic acids is 1. The maximum absolute atomic E-state index is 13.4. The minimum Gasteiger partial charge on any atom is -0.349 e. The standard InChI is InChI=1S/C24H32N2O3S/c1-16-15-17(2)19(4)23(18(16)3)30(28,29)26-13-11-22(12-14-26)24(27)25-20(5)21-9-7-6-8-10-21/h6-10,15,20,22H,11-14H2,1-5H3,(H,25,27)/t20-/m1/s1. The molecule has 1 atom stereocenters. The molecule has 1 aliphatic heterocycles. The molecule has 0 unspecified atom stereocenters. The van der Waals surface area contributed by atoms with E-state index in [1.54, 1.807) is 4.31 Å². The van der Waals surface area contributed by atoms with Crippen molar-refractivity contribution >= 4 is 15.9 Å². The van der Waals surface area contributed by atoms with Crippen LogP contribution in [0.15, 0.2) is 41.3 Å². The van der Waals surface area contributed by atoms with E-state index in [1.165, 1.54) is 0 Å². The Morgan fingerprint density at radius 3 is 2.07 bits per heavy atom. The summed E-state index contributed by atoms with van der Waals surface area (Å²) < 4.78 is 28.3. The quantitative estimate of drug-likeness (QED) is 0.776. The summed E-state index contributed by atoms with van der Waals surface area (Å²) >= 11 is 0. The molecule has 1 N–H and O–H groups in total. The molecule has 1 fully saturated rings. The van der Waals surface area contributed by atoms with Gasteiger partial charge >= 0.3 is 0 Å². The van der Waals surface area contributed by atoms with E-state index in [1.807, 2.05) is 71.0 Å². The van der Waals surface area contributed by atoms with Gasteiger partial charge in [-0.2, -0.15) is 4.31 Å². The third-order valence-corrected chi connectivity index (χ3v) is 8.55. The summed E-state index contributed by atoms with van der Waals surface area (Å²) in [5, 5.41) is 3.08. The van der Waals surface area contributed by atoms with Crippen LogP contribution in [0, 0.1) is 33.6 Å². The average Bonchev–Trinajstić information content (AvgIpc) is 2.73. The van der Waals surface area contributed by atoms with Gasteiger partial charge in [-0.3, -0.25) is 4.79 Å². The lowest BCUT2D eigenvalue weighted by Gasteiger charge is -2.32. The van der Waals surface area contributed by atoms with E-state index < -0.39 is 10.0 Å². The molecular formula is C24H32N2O3S. The third-order valence-electron chi connectivity index (χ3n) is 6.38. The molecule has 5 nitrogen and oxygen atoms in total. The first-order valence-corrected chi connectivity index (χ1v) is 12.0. The fraction of sp³-hybridized carbons (Fsp3) is 0.458. The van der Waals surface area contributed by atoms with E-state index in [2.05, 4.69) is 5.32 Å². The Morgan fingerprint density at radius 1 is 1.00 bits per heavy atom. The van der Waals surface area contributed by atoms with E-state index in [4.69, 9.17) is 0 Å². The van der Waals surface area contributed by atoms with E-state index >= 15 is 0 Å². The highest BCUT2D eigenvalue weighted by atomic mass is 32.2. The van der Waals surface area contributed by atoms with Crippen molar-refractivity contribution in [3.05, 3.63) is 64.2 Å². The van der Waals surface area contributed by atoms with Crippen LogP contribution >= 0.6 is 0 Å². The predicted molar refractivity (Wildman–Crippen MR) is 120 cm³/mol. The number of rotatable bonds is 5. The first-order valence-electron chi connectivity index (χ1n) is 10.6. The van der Waals surface area contributed by atoms with Gasteiger partial charge in [0.2, 0.25) is 15.9 Å². The van der Waals surface area contributed by atoms with Gasteiger partial charge in [-0.15, -0.1) is 0 Å². The molecule has 0 saturated carbocycles. The smallest absolute Gasteiger partial charge is 0.243 e. The summed E-state index contributed by atoms with van der Waals surface area (Å²) in [7, 11) is -3.58. The van der Waals surface area contributed by atoms with Crippen LogP contribution in [0.1, 0.15) is 53.6 Å².